The summed E-state index contributed by atoms with van der Waals surface area (Å²) in [5.41, 5.74) is 12.6. The molecular formula is C39H61P3. The van der Waals surface area contributed by atoms with Gasteiger partial charge in [0.15, 0.2) is 0 Å². The van der Waals surface area contributed by atoms with Crippen molar-refractivity contribution in [3.05, 3.63) is 57.6 Å². The molecule has 1 unspecified atom stereocenters. The Bertz CT molecular complexity index is 1380. The maximum Gasteiger partial charge on any atom is 0.0418 e. The predicted octanol–water partition coefficient (Wildman–Crippen LogP) is 14.5. The Morgan fingerprint density at radius 2 is 0.714 bits per heavy atom. The van der Waals surface area contributed by atoms with E-state index in [0.717, 1.165) is 0 Å². The van der Waals surface area contributed by atoms with Gasteiger partial charge >= 0.3 is 0 Å². The van der Waals surface area contributed by atoms with Crippen LogP contribution in [0, 0.1) is 0 Å². The summed E-state index contributed by atoms with van der Waals surface area (Å²) in [6, 6.07) is 10.2. The van der Waals surface area contributed by atoms with E-state index >= 15 is 0 Å². The average Bonchev–Trinajstić information content (AvgIpc) is 3.14. The molecule has 0 amide bonds. The van der Waals surface area contributed by atoms with Gasteiger partial charge in [-0.15, -0.1) is 0 Å². The van der Waals surface area contributed by atoms with E-state index in [2.05, 4.69) is 156 Å². The summed E-state index contributed by atoms with van der Waals surface area (Å²) >= 11 is 0. The zero-order valence-electron chi connectivity index (χ0n) is 30.7. The summed E-state index contributed by atoms with van der Waals surface area (Å²) in [6.45, 7) is 45.7. The standard InChI is InChI=1S/C39H61P3/c1-34(2,3)24-20-26(36(7,8)9)30(27(21-24)37(10,11)12)32-40-33(42(19)41-32)31-28(38(13,14)15)22-25(35(4,5)6)23-29(31)39(16,17)18/h20-23H,1-19H3. The first-order valence-corrected chi connectivity index (χ1v) is 20.1. The largest absolute Gasteiger partial charge is 0.0854 e. The van der Waals surface area contributed by atoms with E-state index < -0.39 is 0 Å². The van der Waals surface area contributed by atoms with Crippen molar-refractivity contribution in [1.82, 2.24) is 0 Å². The molecule has 0 aliphatic heterocycles. The molecule has 0 bridgehead atoms. The van der Waals surface area contributed by atoms with Crippen molar-refractivity contribution >= 4 is 23.3 Å². The van der Waals surface area contributed by atoms with Gasteiger partial charge in [0, 0.05) is 10.1 Å². The Kier molecular flexibility index (Phi) is 9.44. The molecule has 0 spiro atoms. The van der Waals surface area contributed by atoms with Crippen LogP contribution < -0.4 is 0 Å². The van der Waals surface area contributed by atoms with Crippen molar-refractivity contribution in [1.29, 1.82) is 0 Å². The van der Waals surface area contributed by atoms with Crippen LogP contribution in [-0.4, -0.2) is 0 Å². The van der Waals surface area contributed by atoms with E-state index in [4.69, 9.17) is 0 Å². The van der Waals surface area contributed by atoms with Crippen LogP contribution >= 0.6 is 23.3 Å². The lowest BCUT2D eigenvalue weighted by Gasteiger charge is -2.34. The normalized spacial score (nSPS) is 14.9. The molecule has 0 fully saturated rings. The van der Waals surface area contributed by atoms with Gasteiger partial charge in [-0.25, -0.2) is 0 Å². The average molecular weight is 623 g/mol. The molecule has 3 rings (SSSR count). The Morgan fingerprint density at radius 3 is 0.976 bits per heavy atom. The molecule has 232 valence electrons. The third kappa shape index (κ3) is 7.47. The third-order valence-electron chi connectivity index (χ3n) is 8.45. The SMILES string of the molecule is Cp1pc(-c2c(C(C)(C)C)cc(C(C)(C)C)cc2C(C)(C)C)pc1-c1c(C(C)(C)C)cc(C(C)(C)C)cc1C(C)(C)C. The first kappa shape index (κ1) is 35.6. The highest BCUT2D eigenvalue weighted by Crippen LogP contribution is 2.64. The van der Waals surface area contributed by atoms with E-state index in [0.29, 0.717) is 0 Å². The van der Waals surface area contributed by atoms with Gasteiger partial charge in [0.2, 0.25) is 0 Å². The molecule has 0 saturated heterocycles. The molecule has 1 heterocycles. The summed E-state index contributed by atoms with van der Waals surface area (Å²) in [5, 5.41) is 3.30. The van der Waals surface area contributed by atoms with E-state index in [1.807, 2.05) is 0 Å². The van der Waals surface area contributed by atoms with Crippen LogP contribution in [0.3, 0.4) is 0 Å². The van der Waals surface area contributed by atoms with Crippen LogP contribution in [0.2, 0.25) is 0 Å². The van der Waals surface area contributed by atoms with Crippen LogP contribution in [0.25, 0.3) is 21.2 Å². The monoisotopic (exact) mass is 622 g/mol. The van der Waals surface area contributed by atoms with Crippen molar-refractivity contribution < 1.29 is 0 Å². The van der Waals surface area contributed by atoms with Gasteiger partial charge in [0.1, 0.15) is 0 Å². The van der Waals surface area contributed by atoms with Crippen molar-refractivity contribution in [2.45, 2.75) is 157 Å². The maximum atomic E-state index is 2.56. The first-order valence-electron chi connectivity index (χ1n) is 15.9. The molecule has 3 heteroatoms. The highest BCUT2D eigenvalue weighted by Gasteiger charge is 2.34. The summed E-state index contributed by atoms with van der Waals surface area (Å²) in [6.07, 6.45) is 0. The summed E-state index contributed by atoms with van der Waals surface area (Å²) in [5.74, 6) is 0. The van der Waals surface area contributed by atoms with Gasteiger partial charge in [0.05, 0.1) is 0 Å². The number of aryl methyl sites for hydroxylation is 1. The van der Waals surface area contributed by atoms with Gasteiger partial charge < -0.3 is 0 Å². The molecule has 0 aliphatic carbocycles. The summed E-state index contributed by atoms with van der Waals surface area (Å²) in [4.78, 5) is 0. The second-order valence-electron chi connectivity index (χ2n) is 18.8. The minimum atomic E-state index is -0.319. The van der Waals surface area contributed by atoms with Gasteiger partial charge in [-0.3, -0.25) is 0 Å². The van der Waals surface area contributed by atoms with Gasteiger partial charge in [-0.05, 0) is 99.7 Å². The van der Waals surface area contributed by atoms with Crippen LogP contribution in [-0.2, 0) is 39.2 Å². The summed E-state index contributed by atoms with van der Waals surface area (Å²) < 4.78 is 0. The fraction of sp³-hybridized carbons (Fsp3) is 0.641. The molecule has 0 aliphatic rings. The van der Waals surface area contributed by atoms with Crippen molar-refractivity contribution in [3.8, 4) is 21.2 Å². The number of rotatable bonds is 2. The van der Waals surface area contributed by atoms with E-state index in [1.54, 1.807) is 21.2 Å². The lowest BCUT2D eigenvalue weighted by molar-refractivity contribution is 0.550. The predicted molar refractivity (Wildman–Crippen MR) is 198 cm³/mol. The lowest BCUT2D eigenvalue weighted by Crippen LogP contribution is -2.22. The van der Waals surface area contributed by atoms with Crippen molar-refractivity contribution in [3.63, 3.8) is 0 Å². The minimum absolute atomic E-state index is 0.0649. The highest BCUT2D eigenvalue weighted by atomic mass is 31.9. The fourth-order valence-electron chi connectivity index (χ4n) is 5.71. The molecule has 0 N–H and O–H groups in total. The van der Waals surface area contributed by atoms with Crippen LogP contribution in [0.4, 0.5) is 0 Å². The Labute approximate surface area is 265 Å². The first-order chi connectivity index (χ1) is 18.5. The lowest BCUT2D eigenvalue weighted by atomic mass is 9.72. The zero-order chi connectivity index (χ0) is 32.6. The van der Waals surface area contributed by atoms with Gasteiger partial charge in [-0.2, -0.15) is 0 Å². The number of hydrogen-bond donors (Lipinski definition) is 0. The van der Waals surface area contributed by atoms with Crippen LogP contribution in [0.5, 0.6) is 0 Å². The minimum Gasteiger partial charge on any atom is -0.0854 e. The van der Waals surface area contributed by atoms with E-state index in [-0.39, 0.29) is 39.7 Å². The maximum absolute atomic E-state index is 2.56. The van der Waals surface area contributed by atoms with E-state index in [1.165, 1.54) is 49.4 Å². The number of benzene rings is 2. The quantitative estimate of drug-likeness (QED) is 0.267. The molecule has 1 atom stereocenters. The fourth-order valence-corrected chi connectivity index (χ4v) is 13.6. The number of hydrogen-bond acceptors (Lipinski definition) is 0. The van der Waals surface area contributed by atoms with Crippen molar-refractivity contribution in [2.75, 3.05) is 0 Å². The van der Waals surface area contributed by atoms with Crippen LogP contribution in [0.1, 0.15) is 158 Å². The topological polar surface area (TPSA) is 0 Å². The summed E-state index contributed by atoms with van der Waals surface area (Å²) in [7, 11) is 2.64. The molecule has 0 saturated carbocycles. The van der Waals surface area contributed by atoms with E-state index in [9.17, 15) is 0 Å². The Morgan fingerprint density at radius 1 is 0.429 bits per heavy atom. The highest BCUT2D eigenvalue weighted by molar-refractivity contribution is 8.07. The molecule has 2 aromatic carbocycles. The molecular weight excluding hydrogens is 561 g/mol. The van der Waals surface area contributed by atoms with Gasteiger partial charge in [-0.1, -0.05) is 156 Å². The second kappa shape index (κ2) is 11.2. The zero-order valence-corrected chi connectivity index (χ0v) is 33.3. The molecule has 42 heavy (non-hydrogen) atoms. The third-order valence-corrected chi connectivity index (χ3v) is 15.7. The smallest absolute Gasteiger partial charge is 0.0418 e. The van der Waals surface area contributed by atoms with Crippen molar-refractivity contribution in [2.24, 2.45) is 6.66 Å². The van der Waals surface area contributed by atoms with Gasteiger partial charge in [0.25, 0.3) is 0 Å². The Balaban J connectivity index is 2.54. The molecule has 0 radical (unpaired) electrons. The molecule has 1 aromatic heterocycles. The second-order valence-corrected chi connectivity index (χ2v) is 25.1. The van der Waals surface area contributed by atoms with Crippen LogP contribution in [0.15, 0.2) is 24.3 Å². The molecule has 0 nitrogen and oxygen atoms in total. The molecule has 3 aromatic rings. The Hall–Kier alpha value is -0.920.